The highest BCUT2D eigenvalue weighted by atomic mass is 15.3. The van der Waals surface area contributed by atoms with Crippen molar-refractivity contribution in [3.63, 3.8) is 0 Å². The molecule has 4 N–H and O–H groups in total. The fourth-order valence-electron chi connectivity index (χ4n) is 3.33. The zero-order chi connectivity index (χ0) is 18.8. The van der Waals surface area contributed by atoms with Crippen LogP contribution in [0, 0.1) is 11.3 Å². The molecule has 0 saturated carbocycles. The first-order valence-electron chi connectivity index (χ1n) is 8.79. The van der Waals surface area contributed by atoms with Crippen LogP contribution in [0.4, 0.5) is 23.1 Å². The molecule has 8 nitrogen and oxygen atoms in total. The van der Waals surface area contributed by atoms with E-state index in [4.69, 9.17) is 16.0 Å². The molecule has 1 aromatic carbocycles. The molecule has 1 saturated heterocycles. The number of hydrogen-bond acceptors (Lipinski definition) is 8. The minimum absolute atomic E-state index is 0.433. The van der Waals surface area contributed by atoms with Gasteiger partial charge in [0, 0.05) is 36.7 Å². The van der Waals surface area contributed by atoms with E-state index < -0.39 is 0 Å². The zero-order valence-electron chi connectivity index (χ0n) is 15.0. The first-order valence-corrected chi connectivity index (χ1v) is 8.79. The summed E-state index contributed by atoms with van der Waals surface area (Å²) in [5.74, 6) is 1.26. The van der Waals surface area contributed by atoms with E-state index in [0.29, 0.717) is 28.9 Å². The molecular formula is C19H20N8. The third-order valence-corrected chi connectivity index (χ3v) is 4.67. The summed E-state index contributed by atoms with van der Waals surface area (Å²) < 4.78 is 0. The summed E-state index contributed by atoms with van der Waals surface area (Å²) in [4.78, 5) is 16.0. The minimum atomic E-state index is 0.433. The lowest BCUT2D eigenvalue weighted by molar-refractivity contribution is 0.616. The summed E-state index contributed by atoms with van der Waals surface area (Å²) in [6.07, 6.45) is 2.81. The number of hydrogen-bond donors (Lipinski definition) is 3. The van der Waals surface area contributed by atoms with Crippen molar-refractivity contribution < 1.29 is 0 Å². The number of likely N-dealkylation sites (N-methyl/N-ethyl adjacent to an activating group) is 1. The Labute approximate surface area is 157 Å². The molecule has 0 spiro atoms. The van der Waals surface area contributed by atoms with Crippen LogP contribution in [0.5, 0.6) is 0 Å². The number of rotatable bonds is 4. The van der Waals surface area contributed by atoms with Crippen molar-refractivity contribution >= 4 is 34.2 Å². The van der Waals surface area contributed by atoms with Crippen LogP contribution in [-0.4, -0.2) is 41.1 Å². The second-order valence-corrected chi connectivity index (χ2v) is 6.54. The van der Waals surface area contributed by atoms with Crippen molar-refractivity contribution in [3.05, 3.63) is 42.1 Å². The van der Waals surface area contributed by atoms with Crippen LogP contribution in [0.15, 0.2) is 36.5 Å². The Morgan fingerprint density at radius 2 is 2.19 bits per heavy atom. The lowest BCUT2D eigenvalue weighted by Crippen LogP contribution is -2.30. The van der Waals surface area contributed by atoms with Crippen LogP contribution in [0.3, 0.4) is 0 Å². The van der Waals surface area contributed by atoms with Gasteiger partial charge >= 0.3 is 0 Å². The molecule has 8 heteroatoms. The first kappa shape index (κ1) is 17.0. The zero-order valence-corrected chi connectivity index (χ0v) is 15.0. The Kier molecular flexibility index (Phi) is 4.44. The maximum Gasteiger partial charge on any atom is 0.229 e. The molecule has 3 heterocycles. The van der Waals surface area contributed by atoms with Crippen molar-refractivity contribution in [2.24, 2.45) is 0 Å². The molecule has 0 radical (unpaired) electrons. The number of nitrogen functional groups attached to an aromatic ring is 1. The van der Waals surface area contributed by atoms with Crippen LogP contribution in [0.25, 0.3) is 11.0 Å². The lowest BCUT2D eigenvalue weighted by Gasteiger charge is -2.19. The van der Waals surface area contributed by atoms with Crippen molar-refractivity contribution in [2.45, 2.75) is 12.5 Å². The molecule has 4 rings (SSSR count). The largest absolute Gasteiger partial charge is 0.399 e. The van der Waals surface area contributed by atoms with Gasteiger partial charge in [-0.05, 0) is 43.8 Å². The lowest BCUT2D eigenvalue weighted by atomic mass is 10.2. The van der Waals surface area contributed by atoms with Gasteiger partial charge in [-0.15, -0.1) is 0 Å². The molecule has 0 aliphatic carbocycles. The van der Waals surface area contributed by atoms with E-state index in [1.165, 1.54) is 0 Å². The van der Waals surface area contributed by atoms with Gasteiger partial charge in [-0.1, -0.05) is 0 Å². The number of benzene rings is 1. The second-order valence-electron chi connectivity index (χ2n) is 6.54. The van der Waals surface area contributed by atoms with E-state index in [0.717, 1.165) is 36.4 Å². The topological polar surface area (TPSA) is 116 Å². The highest BCUT2D eigenvalue weighted by Gasteiger charge is 2.25. The van der Waals surface area contributed by atoms with Crippen molar-refractivity contribution in [1.82, 2.24) is 20.3 Å². The van der Waals surface area contributed by atoms with Crippen LogP contribution in [-0.2, 0) is 0 Å². The number of pyridine rings is 1. The average molecular weight is 360 g/mol. The van der Waals surface area contributed by atoms with E-state index in [1.807, 2.05) is 19.2 Å². The third-order valence-electron chi connectivity index (χ3n) is 4.67. The molecular weight excluding hydrogens is 340 g/mol. The van der Waals surface area contributed by atoms with Gasteiger partial charge in [-0.3, -0.25) is 4.98 Å². The smallest absolute Gasteiger partial charge is 0.229 e. The standard InChI is InChI=1S/C19H20N8/c1-22-14-4-6-27(11-14)18-17-16(3-2-5-23-17)25-19(26-18)24-15-8-12(10-20)7-13(21)9-15/h2-3,5,7-9,14,22H,4,6,11,21H2,1H3,(H,24,25,26)/t14-/m0/s1. The van der Waals surface area contributed by atoms with Gasteiger partial charge in [0.1, 0.15) is 5.52 Å². The minimum Gasteiger partial charge on any atom is -0.399 e. The molecule has 27 heavy (non-hydrogen) atoms. The number of anilines is 4. The number of nitrogens with one attached hydrogen (secondary N) is 2. The first-order chi connectivity index (χ1) is 13.2. The van der Waals surface area contributed by atoms with Crippen molar-refractivity contribution in [2.75, 3.05) is 36.1 Å². The molecule has 0 unspecified atom stereocenters. The van der Waals surface area contributed by atoms with Crippen LogP contribution in [0.2, 0.25) is 0 Å². The third kappa shape index (κ3) is 3.45. The fraction of sp³-hybridized carbons (Fsp3) is 0.263. The SMILES string of the molecule is CN[C@H]1CCN(c2nc(Nc3cc(N)cc(C#N)c3)nc3cccnc23)C1. The van der Waals surface area contributed by atoms with Gasteiger partial charge in [0.05, 0.1) is 17.1 Å². The highest BCUT2D eigenvalue weighted by molar-refractivity contribution is 5.87. The molecule has 0 bridgehead atoms. The van der Waals surface area contributed by atoms with Crippen molar-refractivity contribution in [3.8, 4) is 6.07 Å². The number of nitriles is 1. The summed E-state index contributed by atoms with van der Waals surface area (Å²) in [5.41, 5.74) is 9.10. The molecule has 136 valence electrons. The Hall–Kier alpha value is -3.44. The normalized spacial score (nSPS) is 16.4. The fourth-order valence-corrected chi connectivity index (χ4v) is 3.33. The van der Waals surface area contributed by atoms with Gasteiger partial charge < -0.3 is 21.3 Å². The molecule has 1 fully saturated rings. The second kappa shape index (κ2) is 7.05. The van der Waals surface area contributed by atoms with Crippen LogP contribution >= 0.6 is 0 Å². The summed E-state index contributed by atoms with van der Waals surface area (Å²) in [7, 11) is 1.98. The van der Waals surface area contributed by atoms with E-state index in [1.54, 1.807) is 24.4 Å². The molecule has 1 aliphatic rings. The van der Waals surface area contributed by atoms with E-state index in [2.05, 4.69) is 31.6 Å². The number of fused-ring (bicyclic) bond motifs is 1. The molecule has 1 atom stereocenters. The van der Waals surface area contributed by atoms with Gasteiger partial charge in [-0.25, -0.2) is 4.98 Å². The van der Waals surface area contributed by atoms with Gasteiger partial charge in [0.2, 0.25) is 5.95 Å². The molecule has 0 amide bonds. The monoisotopic (exact) mass is 360 g/mol. The van der Waals surface area contributed by atoms with Gasteiger partial charge in [0.15, 0.2) is 5.82 Å². The Morgan fingerprint density at radius 1 is 1.30 bits per heavy atom. The summed E-state index contributed by atoms with van der Waals surface area (Å²) in [5, 5.41) is 15.6. The predicted octanol–water partition coefficient (Wildman–Crippen LogP) is 2.02. The Morgan fingerprint density at radius 3 is 2.96 bits per heavy atom. The Bertz CT molecular complexity index is 1030. The molecule has 2 aromatic heterocycles. The van der Waals surface area contributed by atoms with Crippen molar-refractivity contribution in [1.29, 1.82) is 5.26 Å². The Balaban J connectivity index is 1.74. The van der Waals surface area contributed by atoms with Crippen LogP contribution in [0.1, 0.15) is 12.0 Å². The van der Waals surface area contributed by atoms with E-state index in [9.17, 15) is 0 Å². The van der Waals surface area contributed by atoms with E-state index >= 15 is 0 Å². The number of nitrogens with two attached hydrogens (primary N) is 1. The summed E-state index contributed by atoms with van der Waals surface area (Å²) in [6.45, 7) is 1.78. The molecule has 1 aliphatic heterocycles. The number of nitrogens with zero attached hydrogens (tertiary/aromatic N) is 5. The number of aromatic nitrogens is 3. The van der Waals surface area contributed by atoms with Crippen LogP contribution < -0.4 is 21.3 Å². The summed E-state index contributed by atoms with van der Waals surface area (Å²) >= 11 is 0. The average Bonchev–Trinajstić information content (AvgIpc) is 3.16. The van der Waals surface area contributed by atoms with Gasteiger partial charge in [0.25, 0.3) is 0 Å². The summed E-state index contributed by atoms with van der Waals surface area (Å²) in [6, 6.07) is 11.4. The quantitative estimate of drug-likeness (QED) is 0.605. The highest BCUT2D eigenvalue weighted by Crippen LogP contribution is 2.28. The maximum absolute atomic E-state index is 9.14. The van der Waals surface area contributed by atoms with Gasteiger partial charge in [-0.2, -0.15) is 10.2 Å². The predicted molar refractivity (Wildman–Crippen MR) is 106 cm³/mol. The van der Waals surface area contributed by atoms with E-state index in [-0.39, 0.29) is 0 Å². The molecule has 3 aromatic rings. The maximum atomic E-state index is 9.14.